The monoisotopic (exact) mass is 208 g/mol. The number of ketones is 1. The van der Waals surface area contributed by atoms with Gasteiger partial charge in [-0.15, -0.1) is 11.8 Å². The van der Waals surface area contributed by atoms with Crippen LogP contribution in [0, 0.1) is 0 Å². The molecule has 0 aliphatic carbocycles. The first-order valence-corrected chi connectivity index (χ1v) is 6.47. The van der Waals surface area contributed by atoms with Gasteiger partial charge in [0, 0.05) is 5.75 Å². The van der Waals surface area contributed by atoms with Gasteiger partial charge in [-0.05, 0) is 13.3 Å². The third-order valence-electron chi connectivity index (χ3n) is 2.19. The Morgan fingerprint density at radius 2 is 2.17 bits per heavy atom. The smallest absolute Gasteiger partial charge is 0.175 e. The summed E-state index contributed by atoms with van der Waals surface area (Å²) in [7, 11) is -3.18. The van der Waals surface area contributed by atoms with Gasteiger partial charge in [0.15, 0.2) is 19.7 Å². The van der Waals surface area contributed by atoms with Crippen LogP contribution >= 0.6 is 11.8 Å². The molecule has 0 aromatic carbocycles. The molecule has 12 heavy (non-hydrogen) atoms. The largest absolute Gasteiger partial charge is 0.297 e. The lowest BCUT2D eigenvalue weighted by Gasteiger charge is -2.21. The van der Waals surface area contributed by atoms with E-state index in [1.807, 2.05) is 0 Å². The van der Waals surface area contributed by atoms with Gasteiger partial charge in [-0.1, -0.05) is 6.92 Å². The van der Waals surface area contributed by atoms with Crippen molar-refractivity contribution >= 4 is 27.4 Å². The minimum atomic E-state index is -3.18. The van der Waals surface area contributed by atoms with E-state index in [9.17, 15) is 13.2 Å². The maximum atomic E-state index is 11.5. The number of hydrogen-bond donors (Lipinski definition) is 0. The Labute approximate surface area is 76.8 Å². The van der Waals surface area contributed by atoms with Gasteiger partial charge in [-0.3, -0.25) is 4.79 Å². The summed E-state index contributed by atoms with van der Waals surface area (Å²) in [4.78, 5) is 11.2. The predicted octanol–water partition coefficient (Wildman–Crippen LogP) is 0.843. The Bertz CT molecular complexity index is 294. The molecule has 0 radical (unpaired) electrons. The maximum Gasteiger partial charge on any atom is 0.175 e. The van der Waals surface area contributed by atoms with Crippen LogP contribution in [-0.2, 0) is 14.6 Å². The van der Waals surface area contributed by atoms with Crippen molar-refractivity contribution in [2.75, 3.05) is 11.5 Å². The van der Waals surface area contributed by atoms with Crippen molar-refractivity contribution in [1.29, 1.82) is 0 Å². The minimum Gasteiger partial charge on any atom is -0.297 e. The third-order valence-corrected chi connectivity index (χ3v) is 7.34. The van der Waals surface area contributed by atoms with Gasteiger partial charge >= 0.3 is 0 Å². The van der Waals surface area contributed by atoms with Crippen molar-refractivity contribution < 1.29 is 13.2 Å². The quantitative estimate of drug-likeness (QED) is 0.675. The molecular weight excluding hydrogens is 196 g/mol. The Kier molecular flexibility index (Phi) is 2.54. The van der Waals surface area contributed by atoms with E-state index < -0.39 is 13.9 Å². The fourth-order valence-corrected chi connectivity index (χ4v) is 5.84. The SMILES string of the molecule is CC[C@]1(C(C)=O)SCCS1(=O)=O. The van der Waals surface area contributed by atoms with Crippen molar-refractivity contribution in [2.45, 2.75) is 24.3 Å². The van der Waals surface area contributed by atoms with Crippen LogP contribution < -0.4 is 0 Å². The fourth-order valence-electron chi connectivity index (χ4n) is 1.46. The number of thioether (sulfide) groups is 1. The number of carbonyl (C=O) groups is 1. The molecule has 5 heteroatoms. The first-order valence-electron chi connectivity index (χ1n) is 3.83. The summed E-state index contributed by atoms with van der Waals surface area (Å²) in [5.41, 5.74) is 0. The number of hydrogen-bond acceptors (Lipinski definition) is 4. The summed E-state index contributed by atoms with van der Waals surface area (Å²) < 4.78 is 21.9. The topological polar surface area (TPSA) is 51.2 Å². The molecule has 1 fully saturated rings. The summed E-state index contributed by atoms with van der Waals surface area (Å²) in [6.07, 6.45) is 0.384. The lowest BCUT2D eigenvalue weighted by Crippen LogP contribution is -2.38. The molecule has 0 bridgehead atoms. The summed E-state index contributed by atoms with van der Waals surface area (Å²) >= 11 is 1.27. The van der Waals surface area contributed by atoms with Gasteiger partial charge in [-0.2, -0.15) is 0 Å². The van der Waals surface area contributed by atoms with E-state index in [1.165, 1.54) is 18.7 Å². The van der Waals surface area contributed by atoms with Crippen LogP contribution in [0.4, 0.5) is 0 Å². The zero-order valence-electron chi connectivity index (χ0n) is 7.16. The minimum absolute atomic E-state index is 0.144. The Hall–Kier alpha value is -0.0300. The lowest BCUT2D eigenvalue weighted by atomic mass is 10.2. The predicted molar refractivity (Wildman–Crippen MR) is 49.9 cm³/mol. The summed E-state index contributed by atoms with van der Waals surface area (Å²) in [5.74, 6) is 0.466. The highest BCUT2D eigenvalue weighted by Gasteiger charge is 2.50. The van der Waals surface area contributed by atoms with E-state index in [0.717, 1.165) is 0 Å². The molecule has 0 spiro atoms. The van der Waals surface area contributed by atoms with Crippen LogP contribution in [0.2, 0.25) is 0 Å². The first-order chi connectivity index (χ1) is 5.46. The van der Waals surface area contributed by atoms with Gasteiger partial charge in [0.25, 0.3) is 0 Å². The molecular formula is C7H12O3S2. The molecule has 0 amide bonds. The van der Waals surface area contributed by atoms with Crippen molar-refractivity contribution in [1.82, 2.24) is 0 Å². The molecule has 0 aromatic heterocycles. The van der Waals surface area contributed by atoms with Crippen molar-refractivity contribution in [3.8, 4) is 0 Å². The zero-order valence-corrected chi connectivity index (χ0v) is 8.80. The van der Waals surface area contributed by atoms with Crippen LogP contribution in [0.3, 0.4) is 0 Å². The second-order valence-corrected chi connectivity index (χ2v) is 6.82. The molecule has 0 unspecified atom stereocenters. The van der Waals surface area contributed by atoms with E-state index in [0.29, 0.717) is 12.2 Å². The average Bonchev–Trinajstić information content (AvgIpc) is 2.25. The summed E-state index contributed by atoms with van der Waals surface area (Å²) in [5, 5.41) is 0. The van der Waals surface area contributed by atoms with Crippen LogP contribution in [0.1, 0.15) is 20.3 Å². The highest BCUT2D eigenvalue weighted by Crippen LogP contribution is 2.41. The van der Waals surface area contributed by atoms with E-state index in [1.54, 1.807) is 6.92 Å². The molecule has 1 rings (SSSR count). The van der Waals surface area contributed by atoms with Crippen LogP contribution in [0.5, 0.6) is 0 Å². The van der Waals surface area contributed by atoms with Crippen LogP contribution in [-0.4, -0.2) is 29.8 Å². The first kappa shape index (κ1) is 10.1. The highest BCUT2D eigenvalue weighted by atomic mass is 32.3. The lowest BCUT2D eigenvalue weighted by molar-refractivity contribution is -0.117. The number of Topliss-reactive ketones (excluding diaryl/α,β-unsaturated/α-hetero) is 1. The van der Waals surface area contributed by atoms with Gasteiger partial charge in [-0.25, -0.2) is 8.42 Å². The molecule has 0 N–H and O–H groups in total. The molecule has 0 saturated carbocycles. The second-order valence-electron chi connectivity index (χ2n) is 2.83. The third kappa shape index (κ3) is 1.19. The molecule has 0 aromatic rings. The summed E-state index contributed by atoms with van der Waals surface area (Å²) in [6.45, 7) is 3.11. The summed E-state index contributed by atoms with van der Waals surface area (Å²) in [6, 6.07) is 0. The van der Waals surface area contributed by atoms with Crippen molar-refractivity contribution in [3.05, 3.63) is 0 Å². The van der Waals surface area contributed by atoms with E-state index in [4.69, 9.17) is 0 Å². The molecule has 1 aliphatic heterocycles. The van der Waals surface area contributed by atoms with E-state index in [-0.39, 0.29) is 11.5 Å². The maximum absolute atomic E-state index is 11.5. The zero-order chi connectivity index (χ0) is 9.41. The molecule has 3 nitrogen and oxygen atoms in total. The Morgan fingerprint density at radius 1 is 1.58 bits per heavy atom. The molecule has 1 atom stereocenters. The van der Waals surface area contributed by atoms with Crippen LogP contribution in [0.15, 0.2) is 0 Å². The molecule has 70 valence electrons. The van der Waals surface area contributed by atoms with E-state index >= 15 is 0 Å². The molecule has 1 aliphatic rings. The van der Waals surface area contributed by atoms with Gasteiger partial charge < -0.3 is 0 Å². The van der Waals surface area contributed by atoms with Crippen molar-refractivity contribution in [2.24, 2.45) is 0 Å². The Morgan fingerprint density at radius 3 is 2.33 bits per heavy atom. The standard InChI is InChI=1S/C7H12O3S2/c1-3-7(6(2)8)11-4-5-12(7,9)10/h3-5H2,1-2H3/t7-/m0/s1. The number of carbonyl (C=O) groups excluding carboxylic acids is 1. The van der Waals surface area contributed by atoms with E-state index in [2.05, 4.69) is 0 Å². The number of sulfone groups is 1. The molecule has 1 saturated heterocycles. The Balaban J connectivity index is 3.18. The fraction of sp³-hybridized carbons (Fsp3) is 0.857. The normalized spacial score (nSPS) is 33.5. The molecule has 1 heterocycles. The number of rotatable bonds is 2. The van der Waals surface area contributed by atoms with Gasteiger partial charge in [0.05, 0.1) is 5.75 Å². The second kappa shape index (κ2) is 3.03. The van der Waals surface area contributed by atoms with Gasteiger partial charge in [0.2, 0.25) is 0 Å². The average molecular weight is 208 g/mol. The van der Waals surface area contributed by atoms with Gasteiger partial charge in [0.1, 0.15) is 0 Å². The highest BCUT2D eigenvalue weighted by molar-refractivity contribution is 8.18. The van der Waals surface area contributed by atoms with Crippen molar-refractivity contribution in [3.63, 3.8) is 0 Å². The van der Waals surface area contributed by atoms with Crippen LogP contribution in [0.25, 0.3) is 0 Å².